The lowest BCUT2D eigenvalue weighted by Crippen LogP contribution is -2.30. The van der Waals surface area contributed by atoms with Crippen molar-refractivity contribution in [2.75, 3.05) is 31.0 Å². The molecule has 0 atom stereocenters. The number of thiazole rings is 1. The maximum absolute atomic E-state index is 13.6. The van der Waals surface area contributed by atoms with Gasteiger partial charge >= 0.3 is 35.8 Å². The number of hydrazine groups is 1. The normalized spacial score (nSPS) is 17.2. The van der Waals surface area contributed by atoms with Crippen LogP contribution in [0.2, 0.25) is 0 Å². The maximum atomic E-state index is 13.6. The third-order valence-corrected chi connectivity index (χ3v) is 12.8. The first-order valence-corrected chi connectivity index (χ1v) is 23.6. The zero-order chi connectivity index (χ0) is 50.1. The Bertz CT molecular complexity index is 2750. The minimum Gasteiger partial charge on any atom is -0.465 e. The van der Waals surface area contributed by atoms with Crippen molar-refractivity contribution >= 4 is 68.2 Å². The molecule has 19 heteroatoms. The molecular weight excluding hydrogens is 937 g/mol. The summed E-state index contributed by atoms with van der Waals surface area (Å²) in [6, 6.07) is 25.0. The van der Waals surface area contributed by atoms with Crippen LogP contribution in [0, 0.1) is 35.0 Å². The predicted molar refractivity (Wildman–Crippen MR) is 257 cm³/mol. The van der Waals surface area contributed by atoms with E-state index < -0.39 is 35.7 Å². The highest BCUT2D eigenvalue weighted by Gasteiger charge is 2.34. The van der Waals surface area contributed by atoms with E-state index in [0.29, 0.717) is 107 Å². The van der Waals surface area contributed by atoms with Crippen molar-refractivity contribution in [1.29, 1.82) is 5.26 Å². The van der Waals surface area contributed by atoms with E-state index in [4.69, 9.17) is 42.9 Å². The first-order valence-electron chi connectivity index (χ1n) is 22.8. The Morgan fingerprint density at radius 1 is 0.592 bits per heavy atom. The Morgan fingerprint density at radius 3 is 1.54 bits per heavy atom. The topological polar surface area (TPSA) is 237 Å². The predicted octanol–water partition coefficient (Wildman–Crippen LogP) is 8.55. The van der Waals surface area contributed by atoms with Crippen molar-refractivity contribution in [2.45, 2.75) is 57.8 Å². The van der Waals surface area contributed by atoms with E-state index in [1.165, 1.54) is 11.3 Å². The summed E-state index contributed by atoms with van der Waals surface area (Å²) in [7, 11) is 0. The number of esters is 6. The van der Waals surface area contributed by atoms with E-state index in [0.717, 1.165) is 17.7 Å². The molecule has 2 saturated carbocycles. The quantitative estimate of drug-likeness (QED) is 0.0175. The number of ether oxygens (including phenoxy) is 8. The summed E-state index contributed by atoms with van der Waals surface area (Å²) in [5.41, 5.74) is 8.61. The van der Waals surface area contributed by atoms with Crippen molar-refractivity contribution in [1.82, 2.24) is 4.98 Å². The van der Waals surface area contributed by atoms with Crippen LogP contribution in [0.4, 0.5) is 10.8 Å². The Balaban J connectivity index is 0.904. The molecule has 5 aromatic rings. The smallest absolute Gasteiger partial charge is 0.333 e. The molecule has 2 aliphatic carbocycles. The first-order chi connectivity index (χ1) is 34.5. The highest BCUT2D eigenvalue weighted by atomic mass is 32.1. The van der Waals surface area contributed by atoms with E-state index in [1.807, 2.05) is 6.07 Å². The van der Waals surface area contributed by atoms with Gasteiger partial charge in [-0.1, -0.05) is 30.6 Å². The Kier molecular flexibility index (Phi) is 17.7. The van der Waals surface area contributed by atoms with Gasteiger partial charge in [0.25, 0.3) is 0 Å². The summed E-state index contributed by atoms with van der Waals surface area (Å²) in [6.07, 6.45) is 5.93. The molecule has 368 valence electrons. The molecule has 7 rings (SSSR count). The number of nitriles is 1. The highest BCUT2D eigenvalue weighted by Crippen LogP contribution is 2.38. The Morgan fingerprint density at radius 2 is 1.06 bits per heavy atom. The van der Waals surface area contributed by atoms with Gasteiger partial charge in [-0.3, -0.25) is 30.0 Å². The molecule has 0 bridgehead atoms. The fraction of sp³-hybridized carbons (Fsp3) is 0.308. The Hall–Kier alpha value is -8.24. The minimum atomic E-state index is -0.615. The van der Waals surface area contributed by atoms with Crippen LogP contribution in [0.1, 0.15) is 62.5 Å². The lowest BCUT2D eigenvalue weighted by molar-refractivity contribution is -0.152. The molecule has 1 aromatic heterocycles. The molecule has 0 radical (unpaired) electrons. The minimum absolute atomic E-state index is 0.0794. The SMILES string of the molecule is C=CC(=O)OCOc1ccc(OC(=O)C2CCC(C(=O)OCCc3ccc(OC(=O)C4CCC(C(=O)Oc5ccc(OCOC(=O)C=C)cc5)CC4)c4nc(NNc5ccc(C#N)cc5)sc34)CC2)cc1. The summed E-state index contributed by atoms with van der Waals surface area (Å²) in [5, 5.41) is 9.65. The van der Waals surface area contributed by atoms with E-state index in [1.54, 1.807) is 78.9 Å². The third-order valence-electron chi connectivity index (χ3n) is 11.8. The number of anilines is 2. The Labute approximate surface area is 412 Å². The van der Waals surface area contributed by atoms with Gasteiger partial charge in [0, 0.05) is 18.6 Å². The highest BCUT2D eigenvalue weighted by molar-refractivity contribution is 7.22. The molecule has 71 heavy (non-hydrogen) atoms. The van der Waals surface area contributed by atoms with Crippen molar-refractivity contribution in [3.63, 3.8) is 0 Å². The second kappa shape index (κ2) is 24.9. The number of carbonyl (C=O) groups excluding carboxylic acids is 6. The van der Waals surface area contributed by atoms with Gasteiger partial charge in [-0.05, 0) is 136 Å². The largest absolute Gasteiger partial charge is 0.465 e. The van der Waals surface area contributed by atoms with Crippen molar-refractivity contribution < 1.29 is 66.7 Å². The van der Waals surface area contributed by atoms with Crippen molar-refractivity contribution in [3.05, 3.63) is 121 Å². The standard InChI is InChI=1S/C52H50N4O14S/c1-3-44(57)66-30-64-39-18-22-41(23-19-39)68-49(60)35-9-7-34(8-10-35)48(59)63-28-27-33-15-26-43(46-47(33)71-52(54-46)56-55-38-16-5-32(29-53)6-17-38)70-51(62)37-13-11-36(12-14-37)50(61)69-42-24-20-40(21-25-42)65-31-67-45(58)4-2/h3-6,15-26,34-37,55H,1-2,7-14,27-28,30-31H2,(H,54,56). The monoisotopic (exact) mass is 986 g/mol. The van der Waals surface area contributed by atoms with Gasteiger partial charge in [0.2, 0.25) is 18.7 Å². The van der Waals surface area contributed by atoms with E-state index >= 15 is 0 Å². The zero-order valence-corrected chi connectivity index (χ0v) is 39.3. The van der Waals surface area contributed by atoms with Crippen molar-refractivity contribution in [3.8, 4) is 34.8 Å². The second-order valence-corrected chi connectivity index (χ2v) is 17.4. The number of nitrogens with one attached hydrogen (secondary N) is 2. The molecule has 18 nitrogen and oxygen atoms in total. The molecule has 2 fully saturated rings. The van der Waals surface area contributed by atoms with Gasteiger partial charge in [-0.25, -0.2) is 14.6 Å². The van der Waals surface area contributed by atoms with Gasteiger partial charge in [-0.2, -0.15) is 5.26 Å². The van der Waals surface area contributed by atoms with Gasteiger partial charge in [0.15, 0.2) is 5.75 Å². The average molecular weight is 987 g/mol. The van der Waals surface area contributed by atoms with Crippen LogP contribution in [-0.4, -0.2) is 61.0 Å². The second-order valence-electron chi connectivity index (χ2n) is 16.4. The number of rotatable bonds is 21. The molecule has 0 saturated heterocycles. The number of nitrogens with zero attached hydrogens (tertiary/aromatic N) is 2. The molecule has 1 heterocycles. The summed E-state index contributed by atoms with van der Waals surface area (Å²) < 4.78 is 43.9. The van der Waals surface area contributed by atoms with E-state index in [-0.39, 0.29) is 49.7 Å². The first kappa shape index (κ1) is 50.6. The van der Waals surface area contributed by atoms with Crippen molar-refractivity contribution in [2.24, 2.45) is 23.7 Å². The molecule has 0 aliphatic heterocycles. The zero-order valence-electron chi connectivity index (χ0n) is 38.5. The van der Waals surface area contributed by atoms with Crippen LogP contribution in [0.5, 0.6) is 28.7 Å². The number of carbonyl (C=O) groups is 6. The molecule has 2 N–H and O–H groups in total. The summed E-state index contributed by atoms with van der Waals surface area (Å²) in [4.78, 5) is 80.1. The van der Waals surface area contributed by atoms with E-state index in [9.17, 15) is 34.0 Å². The van der Waals surface area contributed by atoms with Crippen LogP contribution >= 0.6 is 11.3 Å². The van der Waals surface area contributed by atoms with Gasteiger partial charge in [0.1, 0.15) is 28.5 Å². The van der Waals surface area contributed by atoms with Gasteiger partial charge in [0.05, 0.1) is 52.3 Å². The maximum Gasteiger partial charge on any atom is 0.333 e. The molecule has 0 spiro atoms. The van der Waals surface area contributed by atoms with Crippen LogP contribution in [0.15, 0.2) is 110 Å². The number of hydrogen-bond donors (Lipinski definition) is 2. The number of aromatic nitrogens is 1. The molecule has 4 aromatic carbocycles. The van der Waals surface area contributed by atoms with Crippen LogP contribution in [0.25, 0.3) is 10.2 Å². The van der Waals surface area contributed by atoms with Crippen LogP contribution < -0.4 is 34.5 Å². The molecule has 0 amide bonds. The number of hydrogen-bond acceptors (Lipinski definition) is 19. The lowest BCUT2D eigenvalue weighted by atomic mass is 9.82. The summed E-state index contributed by atoms with van der Waals surface area (Å²) in [5.74, 6) is -2.69. The fourth-order valence-electron chi connectivity index (χ4n) is 7.86. The fourth-order valence-corrected chi connectivity index (χ4v) is 8.84. The molecule has 0 unspecified atom stereocenters. The average Bonchev–Trinajstić information content (AvgIpc) is 3.84. The summed E-state index contributed by atoms with van der Waals surface area (Å²) >= 11 is 1.32. The van der Waals surface area contributed by atoms with Gasteiger partial charge in [-0.15, -0.1) is 0 Å². The van der Waals surface area contributed by atoms with E-state index in [2.05, 4.69) is 30.1 Å². The lowest BCUT2D eigenvalue weighted by Gasteiger charge is -2.26. The van der Waals surface area contributed by atoms with Gasteiger partial charge < -0.3 is 37.9 Å². The third kappa shape index (κ3) is 14.4. The number of benzene rings is 4. The summed E-state index contributed by atoms with van der Waals surface area (Å²) in [6.45, 7) is 6.14. The molecule has 2 aliphatic rings. The van der Waals surface area contributed by atoms with Crippen LogP contribution in [-0.2, 0) is 49.4 Å². The van der Waals surface area contributed by atoms with Crippen LogP contribution in [0.3, 0.4) is 0 Å². The molecular formula is C52H50N4O14S. The number of fused-ring (bicyclic) bond motifs is 1.